The number of carbonyl (C=O) groups excluding carboxylic acids is 2. The summed E-state index contributed by atoms with van der Waals surface area (Å²) >= 11 is 0. The van der Waals surface area contributed by atoms with E-state index >= 15 is 0 Å². The summed E-state index contributed by atoms with van der Waals surface area (Å²) in [4.78, 5) is 24.1. The zero-order chi connectivity index (χ0) is 20.6. The zero-order valence-electron chi connectivity index (χ0n) is 15.6. The topological polar surface area (TPSA) is 98.9 Å². The van der Waals surface area contributed by atoms with E-state index in [1.165, 1.54) is 12.1 Å². The van der Waals surface area contributed by atoms with Crippen LogP contribution in [-0.4, -0.2) is 23.1 Å². The smallest absolute Gasteiger partial charge is 0.345 e. The first-order chi connectivity index (χ1) is 14.0. The van der Waals surface area contributed by atoms with Crippen molar-refractivity contribution in [1.82, 2.24) is 0 Å². The molecule has 3 N–H and O–H groups in total. The third-order valence-electron chi connectivity index (χ3n) is 4.29. The quantitative estimate of drug-likeness (QED) is 0.475. The lowest BCUT2D eigenvalue weighted by atomic mass is 10.0. The van der Waals surface area contributed by atoms with Crippen LogP contribution in [0.5, 0.6) is 5.75 Å². The lowest BCUT2D eigenvalue weighted by Gasteiger charge is -2.18. The molecule has 0 bridgehead atoms. The average Bonchev–Trinajstić information content (AvgIpc) is 2.78. The second-order valence-electron chi connectivity index (χ2n) is 6.39. The van der Waals surface area contributed by atoms with Crippen molar-refractivity contribution < 1.29 is 24.2 Å². The Morgan fingerprint density at radius 3 is 2.07 bits per heavy atom. The standard InChI is InChI=1S/C23H21NO5/c24-20(23(27)29-22(26)18-9-5-2-6-10-18)21(25)17-11-13-19(14-12-17)28-15-16-7-3-1-4-8-16/h1-14,20-21,25H,15,24H2/t20-,21?/m0/s1. The van der Waals surface area contributed by atoms with Crippen LogP contribution in [0.15, 0.2) is 84.9 Å². The number of aliphatic hydroxyl groups is 1. The van der Waals surface area contributed by atoms with Crippen LogP contribution in [-0.2, 0) is 16.1 Å². The molecule has 2 atom stereocenters. The SMILES string of the molecule is N[C@H](C(=O)OC(=O)c1ccccc1)C(O)c1ccc(OCc2ccccc2)cc1. The molecule has 0 amide bonds. The fourth-order valence-corrected chi connectivity index (χ4v) is 2.63. The van der Waals surface area contributed by atoms with Gasteiger partial charge in [-0.3, -0.25) is 0 Å². The number of esters is 2. The number of ether oxygens (including phenoxy) is 2. The first-order valence-corrected chi connectivity index (χ1v) is 9.06. The van der Waals surface area contributed by atoms with Crippen LogP contribution >= 0.6 is 0 Å². The minimum atomic E-state index is -1.40. The van der Waals surface area contributed by atoms with Gasteiger partial charge in [0.1, 0.15) is 24.5 Å². The van der Waals surface area contributed by atoms with Crippen LogP contribution in [0.3, 0.4) is 0 Å². The molecule has 0 aliphatic rings. The van der Waals surface area contributed by atoms with E-state index in [0.29, 0.717) is 17.9 Å². The van der Waals surface area contributed by atoms with Gasteiger partial charge < -0.3 is 20.3 Å². The van der Waals surface area contributed by atoms with E-state index in [9.17, 15) is 14.7 Å². The van der Waals surface area contributed by atoms with Gasteiger partial charge >= 0.3 is 11.9 Å². The van der Waals surface area contributed by atoms with Gasteiger partial charge in [0.2, 0.25) is 0 Å². The van der Waals surface area contributed by atoms with Crippen LogP contribution in [0.2, 0.25) is 0 Å². The van der Waals surface area contributed by atoms with Crippen molar-refractivity contribution in [2.45, 2.75) is 18.8 Å². The van der Waals surface area contributed by atoms with Crippen molar-refractivity contribution >= 4 is 11.9 Å². The van der Waals surface area contributed by atoms with Crippen molar-refractivity contribution in [2.75, 3.05) is 0 Å². The molecule has 0 radical (unpaired) electrons. The first-order valence-electron chi connectivity index (χ1n) is 9.06. The molecule has 0 aromatic heterocycles. The summed E-state index contributed by atoms with van der Waals surface area (Å²) in [6.45, 7) is 0.413. The number of rotatable bonds is 7. The molecule has 0 aliphatic carbocycles. The van der Waals surface area contributed by atoms with E-state index in [1.807, 2.05) is 30.3 Å². The molecule has 3 aromatic carbocycles. The Kier molecular flexibility index (Phi) is 6.73. The molecular weight excluding hydrogens is 370 g/mol. The molecule has 0 spiro atoms. The summed E-state index contributed by atoms with van der Waals surface area (Å²) in [5, 5.41) is 10.4. The van der Waals surface area contributed by atoms with Crippen molar-refractivity contribution in [3.05, 3.63) is 102 Å². The summed E-state index contributed by atoms with van der Waals surface area (Å²) in [6.07, 6.45) is -1.32. The maximum Gasteiger partial charge on any atom is 0.345 e. The van der Waals surface area contributed by atoms with E-state index in [4.69, 9.17) is 15.2 Å². The first kappa shape index (κ1) is 20.3. The van der Waals surface area contributed by atoms with Crippen LogP contribution < -0.4 is 10.5 Å². The predicted octanol–water partition coefficient (Wildman–Crippen LogP) is 3.01. The molecule has 3 aromatic rings. The summed E-state index contributed by atoms with van der Waals surface area (Å²) in [6, 6.07) is 23.0. The highest BCUT2D eigenvalue weighted by Crippen LogP contribution is 2.21. The van der Waals surface area contributed by atoms with E-state index in [0.717, 1.165) is 5.56 Å². The van der Waals surface area contributed by atoms with Crippen molar-refractivity contribution in [3.63, 3.8) is 0 Å². The van der Waals surface area contributed by atoms with Crippen LogP contribution in [0, 0.1) is 0 Å². The second kappa shape index (κ2) is 9.64. The highest BCUT2D eigenvalue weighted by atomic mass is 16.6. The number of hydrogen-bond acceptors (Lipinski definition) is 6. The maximum atomic E-state index is 12.1. The van der Waals surface area contributed by atoms with Gasteiger partial charge in [-0.2, -0.15) is 0 Å². The monoisotopic (exact) mass is 391 g/mol. The van der Waals surface area contributed by atoms with Crippen LogP contribution in [0.25, 0.3) is 0 Å². The molecule has 29 heavy (non-hydrogen) atoms. The number of hydrogen-bond donors (Lipinski definition) is 2. The number of benzene rings is 3. The van der Waals surface area contributed by atoms with E-state index in [-0.39, 0.29) is 5.56 Å². The summed E-state index contributed by atoms with van der Waals surface area (Å²) < 4.78 is 10.5. The van der Waals surface area contributed by atoms with Gasteiger partial charge in [-0.1, -0.05) is 60.7 Å². The maximum absolute atomic E-state index is 12.1. The van der Waals surface area contributed by atoms with E-state index < -0.39 is 24.1 Å². The summed E-state index contributed by atoms with van der Waals surface area (Å²) in [5.74, 6) is -1.21. The van der Waals surface area contributed by atoms with Crippen LogP contribution in [0.1, 0.15) is 27.6 Å². The number of nitrogens with two attached hydrogens (primary N) is 1. The summed E-state index contributed by atoms with van der Waals surface area (Å²) in [7, 11) is 0. The molecular formula is C23H21NO5. The van der Waals surface area contributed by atoms with Gasteiger partial charge in [-0.05, 0) is 35.4 Å². The van der Waals surface area contributed by atoms with Gasteiger partial charge in [-0.25, -0.2) is 9.59 Å². The van der Waals surface area contributed by atoms with Crippen molar-refractivity contribution in [1.29, 1.82) is 0 Å². The molecule has 3 rings (SSSR count). The minimum Gasteiger partial charge on any atom is -0.489 e. The lowest BCUT2D eigenvalue weighted by molar-refractivity contribution is -0.142. The Labute approximate surface area is 168 Å². The fourth-order valence-electron chi connectivity index (χ4n) is 2.63. The Hall–Kier alpha value is -3.48. The lowest BCUT2D eigenvalue weighted by Crippen LogP contribution is -2.39. The molecule has 148 valence electrons. The molecule has 0 fully saturated rings. The number of aliphatic hydroxyl groups excluding tert-OH is 1. The molecule has 6 heteroatoms. The Balaban J connectivity index is 1.56. The van der Waals surface area contributed by atoms with Crippen molar-refractivity contribution in [3.8, 4) is 5.75 Å². The highest BCUT2D eigenvalue weighted by Gasteiger charge is 2.28. The van der Waals surface area contributed by atoms with Gasteiger partial charge in [0.15, 0.2) is 0 Å². The predicted molar refractivity (Wildman–Crippen MR) is 107 cm³/mol. The molecule has 0 saturated carbocycles. The Morgan fingerprint density at radius 1 is 0.862 bits per heavy atom. The third-order valence-corrected chi connectivity index (χ3v) is 4.29. The minimum absolute atomic E-state index is 0.224. The van der Waals surface area contributed by atoms with Crippen LogP contribution in [0.4, 0.5) is 0 Å². The Bertz CT molecular complexity index is 942. The molecule has 0 aliphatic heterocycles. The number of carbonyl (C=O) groups is 2. The molecule has 6 nitrogen and oxygen atoms in total. The fraction of sp³-hybridized carbons (Fsp3) is 0.130. The van der Waals surface area contributed by atoms with E-state index in [1.54, 1.807) is 42.5 Å². The highest BCUT2D eigenvalue weighted by molar-refractivity contribution is 5.98. The largest absolute Gasteiger partial charge is 0.489 e. The van der Waals surface area contributed by atoms with Gasteiger partial charge in [0, 0.05) is 0 Å². The second-order valence-corrected chi connectivity index (χ2v) is 6.39. The van der Waals surface area contributed by atoms with Gasteiger partial charge in [0.25, 0.3) is 0 Å². The zero-order valence-corrected chi connectivity index (χ0v) is 15.6. The normalized spacial score (nSPS) is 12.6. The molecule has 0 heterocycles. The average molecular weight is 391 g/mol. The van der Waals surface area contributed by atoms with Gasteiger partial charge in [-0.15, -0.1) is 0 Å². The van der Waals surface area contributed by atoms with Gasteiger partial charge in [0.05, 0.1) is 5.56 Å². The Morgan fingerprint density at radius 2 is 1.45 bits per heavy atom. The summed E-state index contributed by atoms with van der Waals surface area (Å²) in [5.41, 5.74) is 7.45. The molecule has 0 saturated heterocycles. The van der Waals surface area contributed by atoms with Crippen molar-refractivity contribution in [2.24, 2.45) is 5.73 Å². The molecule has 1 unspecified atom stereocenters. The third kappa shape index (κ3) is 5.51. The van der Waals surface area contributed by atoms with E-state index in [2.05, 4.69) is 0 Å².